The van der Waals surface area contributed by atoms with Gasteiger partial charge in [-0.1, -0.05) is 6.07 Å². The first-order valence-corrected chi connectivity index (χ1v) is 7.69. The molecule has 21 heavy (non-hydrogen) atoms. The highest BCUT2D eigenvalue weighted by molar-refractivity contribution is 5.35. The maximum absolute atomic E-state index is 12.2. The van der Waals surface area contributed by atoms with Gasteiger partial charge in [0.25, 0.3) is 0 Å². The molecule has 3 rings (SSSR count). The number of nitrogens with zero attached hydrogens (tertiary/aromatic N) is 4. The molecule has 3 heterocycles. The van der Waals surface area contributed by atoms with Crippen molar-refractivity contribution in [2.24, 2.45) is 0 Å². The van der Waals surface area contributed by atoms with E-state index in [-0.39, 0.29) is 12.3 Å². The summed E-state index contributed by atoms with van der Waals surface area (Å²) in [5, 5.41) is 13.3. The minimum Gasteiger partial charge on any atom is -0.396 e. The van der Waals surface area contributed by atoms with E-state index in [2.05, 4.69) is 10.00 Å². The molecule has 2 aromatic heterocycles. The quantitative estimate of drug-likeness (QED) is 0.852. The van der Waals surface area contributed by atoms with Crippen LogP contribution in [0.3, 0.4) is 0 Å². The first kappa shape index (κ1) is 14.3. The third kappa shape index (κ3) is 3.01. The van der Waals surface area contributed by atoms with Crippen LogP contribution in [0.1, 0.15) is 25.7 Å². The number of rotatable bonds is 6. The van der Waals surface area contributed by atoms with Gasteiger partial charge in [-0.3, -0.25) is 9.30 Å². The summed E-state index contributed by atoms with van der Waals surface area (Å²) in [6, 6.07) is 6.12. The van der Waals surface area contributed by atoms with Gasteiger partial charge in [0.1, 0.15) is 0 Å². The Bertz CT molecular complexity index is 648. The lowest BCUT2D eigenvalue weighted by Crippen LogP contribution is -2.35. The zero-order valence-electron chi connectivity index (χ0n) is 12.2. The molecule has 2 aromatic rings. The third-order valence-electron chi connectivity index (χ3n) is 4.28. The normalized spacial score (nSPS) is 19.6. The second-order valence-electron chi connectivity index (χ2n) is 5.63. The van der Waals surface area contributed by atoms with Crippen LogP contribution in [0.25, 0.3) is 5.65 Å². The molecule has 0 radical (unpaired) electrons. The molecule has 0 aliphatic carbocycles. The van der Waals surface area contributed by atoms with Crippen molar-refractivity contribution in [1.82, 2.24) is 19.1 Å². The van der Waals surface area contributed by atoms with Gasteiger partial charge in [0.15, 0.2) is 5.65 Å². The fourth-order valence-corrected chi connectivity index (χ4v) is 3.18. The van der Waals surface area contributed by atoms with E-state index in [0.717, 1.165) is 25.9 Å². The van der Waals surface area contributed by atoms with Crippen LogP contribution >= 0.6 is 0 Å². The topological polar surface area (TPSA) is 62.8 Å². The lowest BCUT2D eigenvalue weighted by atomic mass is 10.1. The van der Waals surface area contributed by atoms with Gasteiger partial charge >= 0.3 is 5.69 Å². The second kappa shape index (κ2) is 6.41. The molecule has 1 aliphatic heterocycles. The summed E-state index contributed by atoms with van der Waals surface area (Å²) >= 11 is 0. The summed E-state index contributed by atoms with van der Waals surface area (Å²) in [6.07, 6.45) is 6.04. The monoisotopic (exact) mass is 290 g/mol. The largest absolute Gasteiger partial charge is 0.396 e. The Labute approximate surface area is 123 Å². The highest BCUT2D eigenvalue weighted by Crippen LogP contribution is 2.20. The molecule has 1 atom stereocenters. The van der Waals surface area contributed by atoms with Crippen LogP contribution in [0.15, 0.2) is 29.2 Å². The summed E-state index contributed by atoms with van der Waals surface area (Å²) < 4.78 is 3.13. The van der Waals surface area contributed by atoms with Crippen LogP contribution in [-0.2, 0) is 6.54 Å². The Hall–Kier alpha value is -1.66. The Morgan fingerprint density at radius 1 is 1.33 bits per heavy atom. The summed E-state index contributed by atoms with van der Waals surface area (Å²) in [5.41, 5.74) is 0.623. The molecular weight excluding hydrogens is 268 g/mol. The van der Waals surface area contributed by atoms with Crippen molar-refractivity contribution in [1.29, 1.82) is 0 Å². The average molecular weight is 290 g/mol. The van der Waals surface area contributed by atoms with Crippen molar-refractivity contribution in [3.05, 3.63) is 34.9 Å². The third-order valence-corrected chi connectivity index (χ3v) is 4.28. The molecule has 1 saturated heterocycles. The van der Waals surface area contributed by atoms with Gasteiger partial charge in [0.05, 0.1) is 6.54 Å². The van der Waals surface area contributed by atoms with Crippen LogP contribution in [-0.4, -0.2) is 49.9 Å². The lowest BCUT2D eigenvalue weighted by molar-refractivity contribution is 0.207. The molecule has 0 amide bonds. The van der Waals surface area contributed by atoms with Crippen molar-refractivity contribution in [2.45, 2.75) is 38.3 Å². The Morgan fingerprint density at radius 2 is 2.24 bits per heavy atom. The molecule has 0 bridgehead atoms. The van der Waals surface area contributed by atoms with E-state index in [4.69, 9.17) is 5.11 Å². The number of aliphatic hydroxyl groups is 1. The van der Waals surface area contributed by atoms with Gasteiger partial charge in [-0.2, -0.15) is 0 Å². The van der Waals surface area contributed by atoms with Gasteiger partial charge < -0.3 is 5.11 Å². The zero-order chi connectivity index (χ0) is 14.7. The van der Waals surface area contributed by atoms with E-state index >= 15 is 0 Å². The minimum atomic E-state index is -0.0725. The van der Waals surface area contributed by atoms with Crippen molar-refractivity contribution in [2.75, 3.05) is 19.7 Å². The van der Waals surface area contributed by atoms with Crippen LogP contribution in [0.4, 0.5) is 0 Å². The van der Waals surface area contributed by atoms with Crippen LogP contribution in [0, 0.1) is 0 Å². The Balaban J connectivity index is 1.66. The second-order valence-corrected chi connectivity index (χ2v) is 5.63. The highest BCUT2D eigenvalue weighted by atomic mass is 16.3. The van der Waals surface area contributed by atoms with Crippen molar-refractivity contribution in [3.8, 4) is 0 Å². The molecule has 6 heteroatoms. The number of pyridine rings is 1. The van der Waals surface area contributed by atoms with E-state index in [1.54, 1.807) is 15.3 Å². The van der Waals surface area contributed by atoms with Gasteiger partial charge in [-0.25, -0.2) is 9.48 Å². The van der Waals surface area contributed by atoms with Gasteiger partial charge in [0, 0.05) is 25.4 Å². The molecule has 0 spiro atoms. The van der Waals surface area contributed by atoms with Crippen LogP contribution in [0.5, 0.6) is 0 Å². The molecule has 114 valence electrons. The number of fused-ring (bicyclic) bond motifs is 1. The molecule has 1 fully saturated rings. The fourth-order valence-electron chi connectivity index (χ4n) is 3.18. The predicted molar refractivity (Wildman–Crippen MR) is 80.4 cm³/mol. The van der Waals surface area contributed by atoms with Crippen LogP contribution in [0.2, 0.25) is 0 Å². The number of hydrogen-bond acceptors (Lipinski definition) is 4. The predicted octanol–water partition coefficient (Wildman–Crippen LogP) is 0.733. The standard InChI is InChI=1S/C15H22N4O2/c20-12-4-6-13-5-3-8-17(13)10-11-19-15(21)18-9-2-1-7-14(18)16-19/h1-2,7,9,13,20H,3-6,8,10-12H2. The van der Waals surface area contributed by atoms with Gasteiger partial charge in [-0.15, -0.1) is 5.10 Å². The molecule has 1 aliphatic rings. The molecule has 6 nitrogen and oxygen atoms in total. The molecule has 0 aromatic carbocycles. The average Bonchev–Trinajstić information content (AvgIpc) is 3.08. The van der Waals surface area contributed by atoms with E-state index in [0.29, 0.717) is 18.2 Å². The first-order valence-electron chi connectivity index (χ1n) is 7.69. The molecule has 1 N–H and O–H groups in total. The number of aromatic nitrogens is 3. The SMILES string of the molecule is O=c1n(CCN2CCCC2CCCO)nc2ccccn12. The number of hydrogen-bond donors (Lipinski definition) is 1. The number of likely N-dealkylation sites (tertiary alicyclic amines) is 1. The summed E-state index contributed by atoms with van der Waals surface area (Å²) in [6.45, 7) is 2.81. The lowest BCUT2D eigenvalue weighted by Gasteiger charge is -2.23. The maximum atomic E-state index is 12.2. The summed E-state index contributed by atoms with van der Waals surface area (Å²) in [4.78, 5) is 14.6. The van der Waals surface area contributed by atoms with E-state index in [9.17, 15) is 4.79 Å². The van der Waals surface area contributed by atoms with E-state index < -0.39 is 0 Å². The number of aliphatic hydroxyl groups excluding tert-OH is 1. The smallest absolute Gasteiger partial charge is 0.350 e. The van der Waals surface area contributed by atoms with Crippen LogP contribution < -0.4 is 5.69 Å². The van der Waals surface area contributed by atoms with E-state index in [1.807, 2.05) is 18.2 Å². The van der Waals surface area contributed by atoms with Crippen molar-refractivity contribution in [3.63, 3.8) is 0 Å². The summed E-state index contributed by atoms with van der Waals surface area (Å²) in [7, 11) is 0. The minimum absolute atomic E-state index is 0.0725. The zero-order valence-corrected chi connectivity index (χ0v) is 12.2. The van der Waals surface area contributed by atoms with Crippen molar-refractivity contribution >= 4 is 5.65 Å². The molecule has 0 saturated carbocycles. The maximum Gasteiger partial charge on any atom is 0.350 e. The van der Waals surface area contributed by atoms with E-state index in [1.165, 1.54) is 12.8 Å². The van der Waals surface area contributed by atoms with Gasteiger partial charge in [-0.05, 0) is 44.4 Å². The highest BCUT2D eigenvalue weighted by Gasteiger charge is 2.23. The summed E-state index contributed by atoms with van der Waals surface area (Å²) in [5.74, 6) is 0. The first-order chi connectivity index (χ1) is 10.3. The van der Waals surface area contributed by atoms with Crippen molar-refractivity contribution < 1.29 is 5.11 Å². The Kier molecular flexibility index (Phi) is 4.36. The molecule has 1 unspecified atom stereocenters. The molecular formula is C15H22N4O2. The fraction of sp³-hybridized carbons (Fsp3) is 0.600. The Morgan fingerprint density at radius 3 is 3.05 bits per heavy atom. The van der Waals surface area contributed by atoms with Gasteiger partial charge in [0.2, 0.25) is 0 Å².